The van der Waals surface area contributed by atoms with E-state index in [4.69, 9.17) is 4.74 Å². The van der Waals surface area contributed by atoms with Gasteiger partial charge in [-0.25, -0.2) is 4.39 Å². The topological polar surface area (TPSA) is 45.7 Å². The van der Waals surface area contributed by atoms with E-state index in [1.54, 1.807) is 26.3 Å². The lowest BCUT2D eigenvalue weighted by atomic mass is 10.1. The molecule has 4 nitrogen and oxygen atoms in total. The number of halogens is 2. The van der Waals surface area contributed by atoms with Gasteiger partial charge in [0.25, 0.3) is 0 Å². The van der Waals surface area contributed by atoms with Crippen molar-refractivity contribution in [3.63, 3.8) is 0 Å². The van der Waals surface area contributed by atoms with Crippen molar-refractivity contribution in [3.8, 4) is 0 Å². The first-order valence-corrected chi connectivity index (χ1v) is 7.97. The van der Waals surface area contributed by atoms with Crippen LogP contribution in [-0.4, -0.2) is 26.7 Å². The molecule has 0 fully saturated rings. The molecule has 136 valence electrons. The minimum atomic E-state index is -0.204. The summed E-state index contributed by atoms with van der Waals surface area (Å²) >= 11 is 0. The highest BCUT2D eigenvalue weighted by Crippen LogP contribution is 2.09. The number of benzene rings is 2. The Morgan fingerprint density at radius 3 is 2.52 bits per heavy atom. The number of nitrogens with zero attached hydrogens (tertiary/aromatic N) is 1. The smallest absolute Gasteiger partial charge is 0.191 e. The molecule has 0 amide bonds. The molecule has 0 aliphatic heterocycles. The summed E-state index contributed by atoms with van der Waals surface area (Å²) in [7, 11) is 3.43. The monoisotopic (exact) mass is 457 g/mol. The quantitative estimate of drug-likeness (QED) is 0.380. The molecule has 25 heavy (non-hydrogen) atoms. The fourth-order valence-electron chi connectivity index (χ4n) is 2.44. The molecule has 0 atom stereocenters. The Hall–Kier alpha value is -1.67. The minimum absolute atomic E-state index is 0. The molecule has 0 aliphatic rings. The first kappa shape index (κ1) is 21.4. The summed E-state index contributed by atoms with van der Waals surface area (Å²) in [6.45, 7) is 1.94. The van der Waals surface area contributed by atoms with E-state index >= 15 is 0 Å². The van der Waals surface area contributed by atoms with Gasteiger partial charge in [0.2, 0.25) is 0 Å². The van der Waals surface area contributed by atoms with Crippen LogP contribution in [0.1, 0.15) is 16.7 Å². The van der Waals surface area contributed by atoms with Gasteiger partial charge in [0.15, 0.2) is 5.96 Å². The highest BCUT2D eigenvalue weighted by Gasteiger charge is 2.03. The van der Waals surface area contributed by atoms with Crippen LogP contribution in [0.25, 0.3) is 0 Å². The summed E-state index contributed by atoms with van der Waals surface area (Å²) in [4.78, 5) is 4.22. The van der Waals surface area contributed by atoms with Gasteiger partial charge in [-0.3, -0.25) is 4.99 Å². The maximum atomic E-state index is 13.2. The Labute approximate surface area is 165 Å². The van der Waals surface area contributed by atoms with Crippen LogP contribution in [0.4, 0.5) is 4.39 Å². The number of hydrogen-bond acceptors (Lipinski definition) is 2. The molecule has 0 spiro atoms. The van der Waals surface area contributed by atoms with E-state index in [1.165, 1.54) is 11.6 Å². The van der Waals surface area contributed by atoms with E-state index in [2.05, 4.69) is 27.8 Å². The van der Waals surface area contributed by atoms with Crippen molar-refractivity contribution < 1.29 is 9.13 Å². The van der Waals surface area contributed by atoms with Crippen LogP contribution in [-0.2, 0) is 24.3 Å². The third-order valence-corrected chi connectivity index (χ3v) is 3.68. The number of ether oxygens (including phenoxy) is 1. The van der Waals surface area contributed by atoms with Gasteiger partial charge in [-0.15, -0.1) is 24.0 Å². The molecule has 0 aromatic heterocycles. The highest BCUT2D eigenvalue weighted by molar-refractivity contribution is 14.0. The molecule has 0 saturated heterocycles. The Bertz CT molecular complexity index is 679. The molecule has 0 saturated carbocycles. The third-order valence-electron chi connectivity index (χ3n) is 3.68. The normalized spacial score (nSPS) is 10.9. The van der Waals surface area contributed by atoms with Gasteiger partial charge < -0.3 is 15.4 Å². The van der Waals surface area contributed by atoms with E-state index < -0.39 is 0 Å². The van der Waals surface area contributed by atoms with Crippen LogP contribution in [0, 0.1) is 5.82 Å². The maximum absolute atomic E-state index is 13.2. The van der Waals surface area contributed by atoms with Crippen LogP contribution < -0.4 is 10.6 Å². The lowest BCUT2D eigenvalue weighted by Gasteiger charge is -2.14. The van der Waals surface area contributed by atoms with Crippen LogP contribution in [0.2, 0.25) is 0 Å². The van der Waals surface area contributed by atoms with Gasteiger partial charge in [-0.1, -0.05) is 36.4 Å². The molecule has 0 unspecified atom stereocenters. The van der Waals surface area contributed by atoms with Crippen molar-refractivity contribution in [3.05, 3.63) is 71.0 Å². The van der Waals surface area contributed by atoms with Gasteiger partial charge >= 0.3 is 0 Å². The molecule has 0 radical (unpaired) electrons. The Morgan fingerprint density at radius 1 is 1.08 bits per heavy atom. The molecule has 0 aliphatic carbocycles. The Kier molecular flexibility index (Phi) is 10.1. The van der Waals surface area contributed by atoms with Crippen molar-refractivity contribution in [1.82, 2.24) is 10.6 Å². The number of guanidine groups is 1. The Morgan fingerprint density at radius 2 is 1.84 bits per heavy atom. The molecule has 2 aromatic rings. The van der Waals surface area contributed by atoms with Crippen molar-refractivity contribution >= 4 is 29.9 Å². The molecule has 0 heterocycles. The minimum Gasteiger partial charge on any atom is -0.380 e. The van der Waals surface area contributed by atoms with Crippen molar-refractivity contribution in [2.45, 2.75) is 19.6 Å². The van der Waals surface area contributed by atoms with Crippen LogP contribution in [0.3, 0.4) is 0 Å². The van der Waals surface area contributed by atoms with E-state index in [9.17, 15) is 4.39 Å². The fraction of sp³-hybridized carbons (Fsp3) is 0.316. The zero-order chi connectivity index (χ0) is 17.2. The predicted molar refractivity (Wildman–Crippen MR) is 111 cm³/mol. The molecular weight excluding hydrogens is 432 g/mol. The van der Waals surface area contributed by atoms with Gasteiger partial charge in [0.05, 0.1) is 6.61 Å². The average molecular weight is 457 g/mol. The van der Waals surface area contributed by atoms with Crippen molar-refractivity contribution in [2.75, 3.05) is 20.7 Å². The second-order valence-corrected chi connectivity index (χ2v) is 5.43. The van der Waals surface area contributed by atoms with Crippen LogP contribution >= 0.6 is 24.0 Å². The predicted octanol–water partition coefficient (Wildman–Crippen LogP) is 3.50. The summed E-state index contributed by atoms with van der Waals surface area (Å²) in [5.41, 5.74) is 3.29. The fourth-order valence-corrected chi connectivity index (χ4v) is 2.44. The van der Waals surface area contributed by atoms with E-state index in [0.29, 0.717) is 19.7 Å². The average Bonchev–Trinajstić information content (AvgIpc) is 2.59. The summed E-state index contributed by atoms with van der Waals surface area (Å²) in [6.07, 6.45) is 0.735. The largest absolute Gasteiger partial charge is 0.380 e. The SMILES string of the molecule is CN=C(NCCc1cccc(F)c1)NCc1ccccc1COC.I. The molecular formula is C19H25FIN3O. The van der Waals surface area contributed by atoms with Crippen LogP contribution in [0.5, 0.6) is 0 Å². The lowest BCUT2D eigenvalue weighted by Crippen LogP contribution is -2.38. The maximum Gasteiger partial charge on any atom is 0.191 e. The summed E-state index contributed by atoms with van der Waals surface area (Å²) in [5, 5.41) is 6.54. The second-order valence-electron chi connectivity index (χ2n) is 5.43. The van der Waals surface area contributed by atoms with E-state index in [1.807, 2.05) is 18.2 Å². The first-order chi connectivity index (χ1) is 11.7. The number of rotatable bonds is 7. The lowest BCUT2D eigenvalue weighted by molar-refractivity contribution is 0.184. The molecule has 6 heteroatoms. The molecule has 2 aromatic carbocycles. The first-order valence-electron chi connectivity index (χ1n) is 7.97. The van der Waals surface area contributed by atoms with E-state index in [-0.39, 0.29) is 29.8 Å². The van der Waals surface area contributed by atoms with Crippen LogP contribution in [0.15, 0.2) is 53.5 Å². The number of methoxy groups -OCH3 is 1. The van der Waals surface area contributed by atoms with Gasteiger partial charge in [-0.05, 0) is 35.2 Å². The van der Waals surface area contributed by atoms with Crippen molar-refractivity contribution in [2.24, 2.45) is 4.99 Å². The molecule has 2 rings (SSSR count). The Balaban J connectivity index is 0.00000312. The van der Waals surface area contributed by atoms with Gasteiger partial charge in [-0.2, -0.15) is 0 Å². The van der Waals surface area contributed by atoms with Crippen molar-refractivity contribution in [1.29, 1.82) is 0 Å². The van der Waals surface area contributed by atoms with E-state index in [0.717, 1.165) is 23.5 Å². The number of aliphatic imine (C=N–C) groups is 1. The summed E-state index contributed by atoms with van der Waals surface area (Å²) in [5.74, 6) is 0.517. The van der Waals surface area contributed by atoms with Gasteiger partial charge in [0.1, 0.15) is 5.82 Å². The van der Waals surface area contributed by atoms with Gasteiger partial charge in [0, 0.05) is 27.2 Å². The zero-order valence-corrected chi connectivity index (χ0v) is 16.9. The number of nitrogens with one attached hydrogen (secondary N) is 2. The summed E-state index contributed by atoms with van der Waals surface area (Å²) < 4.78 is 18.4. The summed E-state index contributed by atoms with van der Waals surface area (Å²) in [6, 6.07) is 14.8. The third kappa shape index (κ3) is 7.39. The zero-order valence-electron chi connectivity index (χ0n) is 14.6. The highest BCUT2D eigenvalue weighted by atomic mass is 127. The second kappa shape index (κ2) is 11.8. The standard InChI is InChI=1S/C19H24FN3O.HI/c1-21-19(22-11-10-15-6-5-9-18(20)12-15)23-13-16-7-3-4-8-17(16)14-24-2;/h3-9,12H,10-11,13-14H2,1-2H3,(H2,21,22,23);1H. The molecule has 2 N–H and O–H groups in total. The number of hydrogen-bond donors (Lipinski definition) is 2. The molecule has 0 bridgehead atoms.